The second kappa shape index (κ2) is 10.6. The van der Waals surface area contributed by atoms with Crippen molar-refractivity contribution >= 4 is 40.0 Å². The van der Waals surface area contributed by atoms with E-state index in [1.54, 1.807) is 53.7 Å². The van der Waals surface area contributed by atoms with Crippen LogP contribution in [-0.2, 0) is 19.1 Å². The molecule has 1 aromatic carbocycles. The summed E-state index contributed by atoms with van der Waals surface area (Å²) in [7, 11) is 0. The van der Waals surface area contributed by atoms with Crippen LogP contribution >= 0.6 is 15.9 Å². The number of esters is 1. The molecule has 0 aliphatic carbocycles. The number of alkyl carbamates (subject to hydrolysis) is 1. The third-order valence-electron chi connectivity index (χ3n) is 3.26. The quantitative estimate of drug-likeness (QED) is 0.468. The molecule has 1 rings (SSSR count). The van der Waals surface area contributed by atoms with Gasteiger partial charge in [-0.25, -0.2) is 14.0 Å². The lowest BCUT2D eigenvalue weighted by molar-refractivity contribution is -0.157. The first-order valence-electron chi connectivity index (χ1n) is 9.30. The zero-order chi connectivity index (χ0) is 23.1. The van der Waals surface area contributed by atoms with Crippen molar-refractivity contribution in [3.63, 3.8) is 0 Å². The summed E-state index contributed by atoms with van der Waals surface area (Å²) in [6, 6.07) is 3.52. The Hall–Kier alpha value is -2.42. The molecule has 166 valence electrons. The van der Waals surface area contributed by atoms with Gasteiger partial charge < -0.3 is 20.1 Å². The fourth-order valence-electron chi connectivity index (χ4n) is 2.09. The summed E-state index contributed by atoms with van der Waals surface area (Å²) in [5.74, 6) is -1.80. The Morgan fingerprint density at radius 3 is 2.27 bits per heavy atom. The van der Waals surface area contributed by atoms with Crippen molar-refractivity contribution in [2.24, 2.45) is 0 Å². The number of amides is 2. The molecule has 0 aliphatic rings. The average Bonchev–Trinajstić information content (AvgIpc) is 2.56. The molecule has 9 heteroatoms. The maximum Gasteiger partial charge on any atom is 0.408 e. The summed E-state index contributed by atoms with van der Waals surface area (Å²) in [6.45, 7) is 9.86. The van der Waals surface area contributed by atoms with Crippen molar-refractivity contribution < 1.29 is 28.2 Å². The first-order valence-corrected chi connectivity index (χ1v) is 10.1. The third-order valence-corrected chi connectivity index (χ3v) is 3.87. The van der Waals surface area contributed by atoms with Gasteiger partial charge in [-0.3, -0.25) is 4.79 Å². The third kappa shape index (κ3) is 9.87. The number of benzene rings is 1. The van der Waals surface area contributed by atoms with E-state index in [0.717, 1.165) is 6.08 Å². The highest BCUT2D eigenvalue weighted by atomic mass is 79.9. The van der Waals surface area contributed by atoms with E-state index < -0.39 is 41.0 Å². The Morgan fingerprint density at radius 2 is 1.70 bits per heavy atom. The molecular formula is C21H28BrFN2O5. The van der Waals surface area contributed by atoms with Crippen LogP contribution in [0, 0.1) is 5.82 Å². The first kappa shape index (κ1) is 25.6. The summed E-state index contributed by atoms with van der Waals surface area (Å²) in [4.78, 5) is 36.6. The molecule has 7 nitrogen and oxygen atoms in total. The fourth-order valence-corrected chi connectivity index (χ4v) is 2.47. The molecule has 0 saturated carbocycles. The van der Waals surface area contributed by atoms with Crippen LogP contribution in [0.3, 0.4) is 0 Å². The normalized spacial score (nSPS) is 12.9. The number of hydrogen-bond donors (Lipinski definition) is 2. The van der Waals surface area contributed by atoms with E-state index in [1.807, 2.05) is 0 Å². The van der Waals surface area contributed by atoms with Gasteiger partial charge in [0.25, 0.3) is 0 Å². The molecular weight excluding hydrogens is 459 g/mol. The Morgan fingerprint density at radius 1 is 1.10 bits per heavy atom. The highest BCUT2D eigenvalue weighted by Crippen LogP contribution is 2.19. The summed E-state index contributed by atoms with van der Waals surface area (Å²) in [5, 5.41) is 4.89. The second-order valence-electron chi connectivity index (χ2n) is 8.45. The van der Waals surface area contributed by atoms with E-state index in [2.05, 4.69) is 26.6 Å². The van der Waals surface area contributed by atoms with Gasteiger partial charge in [0, 0.05) is 18.2 Å². The van der Waals surface area contributed by atoms with Crippen LogP contribution in [0.2, 0.25) is 0 Å². The van der Waals surface area contributed by atoms with Gasteiger partial charge in [-0.1, -0.05) is 12.1 Å². The zero-order valence-electron chi connectivity index (χ0n) is 18.0. The van der Waals surface area contributed by atoms with Gasteiger partial charge in [-0.2, -0.15) is 0 Å². The fraction of sp³-hybridized carbons (Fsp3) is 0.476. The molecule has 0 heterocycles. The van der Waals surface area contributed by atoms with E-state index in [9.17, 15) is 18.8 Å². The summed E-state index contributed by atoms with van der Waals surface area (Å²) in [6.07, 6.45) is 1.61. The molecule has 0 radical (unpaired) electrons. The lowest BCUT2D eigenvalue weighted by Crippen LogP contribution is -2.51. The molecule has 2 N–H and O–H groups in total. The van der Waals surface area contributed by atoms with E-state index in [4.69, 9.17) is 9.47 Å². The van der Waals surface area contributed by atoms with Crippen molar-refractivity contribution in [2.75, 3.05) is 6.54 Å². The largest absolute Gasteiger partial charge is 0.458 e. The molecule has 0 bridgehead atoms. The monoisotopic (exact) mass is 486 g/mol. The number of halogens is 2. The van der Waals surface area contributed by atoms with Crippen molar-refractivity contribution in [3.05, 3.63) is 40.1 Å². The SMILES string of the molecule is CC(C)(C)OC(=O)N[C@@H](CNC(=O)/C=C/c1cccc(Br)c1F)C(=O)OC(C)(C)C. The lowest BCUT2D eigenvalue weighted by atomic mass is 10.2. The first-order chi connectivity index (χ1) is 13.7. The van der Waals surface area contributed by atoms with E-state index in [-0.39, 0.29) is 16.6 Å². The average molecular weight is 487 g/mol. The highest BCUT2D eigenvalue weighted by molar-refractivity contribution is 9.10. The predicted molar refractivity (Wildman–Crippen MR) is 115 cm³/mol. The van der Waals surface area contributed by atoms with Crippen molar-refractivity contribution in [3.8, 4) is 0 Å². The lowest BCUT2D eigenvalue weighted by Gasteiger charge is -2.26. The number of hydrogen-bond acceptors (Lipinski definition) is 5. The highest BCUT2D eigenvalue weighted by Gasteiger charge is 2.28. The van der Waals surface area contributed by atoms with Gasteiger partial charge in [-0.15, -0.1) is 0 Å². The maximum absolute atomic E-state index is 14.0. The maximum atomic E-state index is 14.0. The van der Waals surface area contributed by atoms with Gasteiger partial charge >= 0.3 is 12.1 Å². The topological polar surface area (TPSA) is 93.7 Å². The van der Waals surface area contributed by atoms with Crippen LogP contribution < -0.4 is 10.6 Å². The van der Waals surface area contributed by atoms with Crippen LogP contribution in [0.1, 0.15) is 47.1 Å². The zero-order valence-corrected chi connectivity index (χ0v) is 19.6. The molecule has 1 atom stereocenters. The molecule has 0 aliphatic heterocycles. The summed E-state index contributed by atoms with van der Waals surface area (Å²) >= 11 is 3.07. The molecule has 0 aromatic heterocycles. The van der Waals surface area contributed by atoms with E-state index in [0.29, 0.717) is 0 Å². The molecule has 30 heavy (non-hydrogen) atoms. The summed E-state index contributed by atoms with van der Waals surface area (Å²) < 4.78 is 24.7. The van der Waals surface area contributed by atoms with Crippen LogP contribution in [0.4, 0.5) is 9.18 Å². The minimum absolute atomic E-state index is 0.218. The standard InChI is InChI=1S/C21H28BrFN2O5/c1-20(2,3)29-18(27)15(25-19(28)30-21(4,5)6)12-24-16(26)11-10-13-8-7-9-14(22)17(13)23/h7-11,15H,12H2,1-6H3,(H,24,26)(H,25,28)/b11-10+/t15-/m0/s1. The smallest absolute Gasteiger partial charge is 0.408 e. The van der Waals surface area contributed by atoms with Gasteiger partial charge in [0.2, 0.25) is 5.91 Å². The Balaban J connectivity index is 2.81. The van der Waals surface area contributed by atoms with Crippen LogP contribution in [0.15, 0.2) is 28.7 Å². The Kier molecular flexibility index (Phi) is 9.02. The minimum Gasteiger partial charge on any atom is -0.458 e. The Labute approximate surface area is 184 Å². The Bertz CT molecular complexity index is 813. The van der Waals surface area contributed by atoms with Gasteiger partial charge in [0.05, 0.1) is 4.47 Å². The van der Waals surface area contributed by atoms with Crippen molar-refractivity contribution in [1.82, 2.24) is 10.6 Å². The van der Waals surface area contributed by atoms with Gasteiger partial charge in [0.1, 0.15) is 23.1 Å². The number of carbonyl (C=O) groups excluding carboxylic acids is 3. The summed E-state index contributed by atoms with van der Waals surface area (Å²) in [5.41, 5.74) is -1.33. The molecule has 0 spiro atoms. The van der Waals surface area contributed by atoms with Crippen LogP contribution in [0.5, 0.6) is 0 Å². The van der Waals surface area contributed by atoms with E-state index in [1.165, 1.54) is 12.1 Å². The van der Waals surface area contributed by atoms with Crippen LogP contribution in [-0.4, -0.2) is 41.8 Å². The molecule has 1 aromatic rings. The molecule has 0 fully saturated rings. The van der Waals surface area contributed by atoms with Crippen molar-refractivity contribution in [2.45, 2.75) is 58.8 Å². The number of nitrogens with one attached hydrogen (secondary N) is 2. The number of ether oxygens (including phenoxy) is 2. The number of rotatable bonds is 6. The van der Waals surface area contributed by atoms with E-state index >= 15 is 0 Å². The van der Waals surface area contributed by atoms with Gasteiger partial charge in [-0.05, 0) is 69.6 Å². The minimum atomic E-state index is -1.17. The van der Waals surface area contributed by atoms with Gasteiger partial charge in [0.15, 0.2) is 0 Å². The molecule has 0 saturated heterocycles. The van der Waals surface area contributed by atoms with Crippen molar-refractivity contribution in [1.29, 1.82) is 0 Å². The number of carbonyl (C=O) groups is 3. The molecule has 0 unspecified atom stereocenters. The predicted octanol–water partition coefficient (Wildman–Crippen LogP) is 3.95. The van der Waals surface area contributed by atoms with Crippen LogP contribution in [0.25, 0.3) is 6.08 Å². The molecule has 2 amide bonds. The second-order valence-corrected chi connectivity index (χ2v) is 9.31.